The van der Waals surface area contributed by atoms with Gasteiger partial charge in [0.1, 0.15) is 5.82 Å². The van der Waals surface area contributed by atoms with Crippen molar-refractivity contribution in [3.8, 4) is 0 Å². The van der Waals surface area contributed by atoms with E-state index in [9.17, 15) is 14.0 Å². The van der Waals surface area contributed by atoms with Crippen LogP contribution in [0.5, 0.6) is 0 Å². The van der Waals surface area contributed by atoms with Gasteiger partial charge in [-0.25, -0.2) is 4.39 Å². The summed E-state index contributed by atoms with van der Waals surface area (Å²) in [5, 5.41) is 5.41. The molecule has 1 aromatic rings. The van der Waals surface area contributed by atoms with Crippen LogP contribution in [0.15, 0.2) is 12.1 Å². The lowest BCUT2D eigenvalue weighted by Gasteiger charge is -2.22. The van der Waals surface area contributed by atoms with E-state index >= 15 is 0 Å². The fraction of sp³-hybridized carbons (Fsp3) is 0.385. The van der Waals surface area contributed by atoms with Crippen LogP contribution >= 0.6 is 23.2 Å². The van der Waals surface area contributed by atoms with Gasteiger partial charge in [-0.1, -0.05) is 23.2 Å². The number of hydrogen-bond donors (Lipinski definition) is 2. The molecule has 0 radical (unpaired) electrons. The Morgan fingerprint density at radius 2 is 2.10 bits per heavy atom. The SMILES string of the molecule is O=C(CC1CCCC(=O)N1)Nc1cc(Cl)c(Cl)cc1F. The minimum Gasteiger partial charge on any atom is -0.353 e. The minimum absolute atomic E-state index is 0.0217. The smallest absolute Gasteiger partial charge is 0.226 e. The third-order valence-electron chi connectivity index (χ3n) is 3.04. The van der Waals surface area contributed by atoms with Crippen molar-refractivity contribution in [1.29, 1.82) is 0 Å². The molecule has 1 aromatic carbocycles. The molecule has 108 valence electrons. The van der Waals surface area contributed by atoms with E-state index in [0.717, 1.165) is 18.9 Å². The summed E-state index contributed by atoms with van der Waals surface area (Å²) in [5.74, 6) is -1.09. The van der Waals surface area contributed by atoms with Gasteiger partial charge in [-0.05, 0) is 25.0 Å². The van der Waals surface area contributed by atoms with Gasteiger partial charge < -0.3 is 10.6 Å². The lowest BCUT2D eigenvalue weighted by molar-refractivity contribution is -0.124. The van der Waals surface area contributed by atoms with Crippen molar-refractivity contribution in [1.82, 2.24) is 5.32 Å². The summed E-state index contributed by atoms with van der Waals surface area (Å²) in [6.45, 7) is 0. The van der Waals surface area contributed by atoms with E-state index in [4.69, 9.17) is 23.2 Å². The van der Waals surface area contributed by atoms with Gasteiger partial charge in [0, 0.05) is 18.9 Å². The van der Waals surface area contributed by atoms with Crippen LogP contribution in [0.25, 0.3) is 0 Å². The molecule has 2 rings (SSSR count). The molecule has 0 aliphatic carbocycles. The average Bonchev–Trinajstić information content (AvgIpc) is 2.36. The molecule has 2 amide bonds. The third kappa shape index (κ3) is 3.84. The van der Waals surface area contributed by atoms with Gasteiger partial charge in [-0.2, -0.15) is 0 Å². The molecule has 20 heavy (non-hydrogen) atoms. The average molecular weight is 319 g/mol. The van der Waals surface area contributed by atoms with Crippen molar-refractivity contribution in [2.24, 2.45) is 0 Å². The van der Waals surface area contributed by atoms with Gasteiger partial charge in [-0.15, -0.1) is 0 Å². The highest BCUT2D eigenvalue weighted by molar-refractivity contribution is 6.42. The number of carbonyl (C=O) groups is 2. The zero-order valence-corrected chi connectivity index (χ0v) is 12.0. The molecule has 1 atom stereocenters. The van der Waals surface area contributed by atoms with Crippen molar-refractivity contribution in [3.63, 3.8) is 0 Å². The fourth-order valence-corrected chi connectivity index (χ4v) is 2.39. The normalized spacial score (nSPS) is 18.6. The first-order valence-corrected chi connectivity index (χ1v) is 6.95. The highest BCUT2D eigenvalue weighted by Gasteiger charge is 2.21. The molecule has 1 saturated heterocycles. The second kappa shape index (κ2) is 6.41. The Labute approximate surface area is 125 Å². The molecule has 2 N–H and O–H groups in total. The molecule has 0 aromatic heterocycles. The predicted octanol–water partition coefficient (Wildman–Crippen LogP) is 3.13. The second-order valence-electron chi connectivity index (χ2n) is 4.66. The zero-order chi connectivity index (χ0) is 14.7. The number of carbonyl (C=O) groups excluding carboxylic acids is 2. The number of nitrogens with one attached hydrogen (secondary N) is 2. The van der Waals surface area contributed by atoms with Crippen LogP contribution in [-0.2, 0) is 9.59 Å². The number of piperidine rings is 1. The molecule has 0 bridgehead atoms. The topological polar surface area (TPSA) is 58.2 Å². The molecule has 1 aliphatic rings. The molecule has 1 heterocycles. The molecule has 1 unspecified atom stereocenters. The molecular formula is C13H13Cl2FN2O2. The van der Waals surface area contributed by atoms with Crippen LogP contribution in [0.2, 0.25) is 10.0 Å². The standard InChI is InChI=1S/C13H13Cl2FN2O2/c14-8-5-10(16)11(6-9(8)15)18-13(20)4-7-2-1-3-12(19)17-7/h5-7H,1-4H2,(H,17,19)(H,18,20). The number of anilines is 1. The van der Waals surface area contributed by atoms with Gasteiger partial charge in [0.15, 0.2) is 0 Å². The Morgan fingerprint density at radius 1 is 1.40 bits per heavy atom. The van der Waals surface area contributed by atoms with E-state index in [-0.39, 0.29) is 40.0 Å². The summed E-state index contributed by atoms with van der Waals surface area (Å²) in [6.07, 6.45) is 2.08. The van der Waals surface area contributed by atoms with Crippen molar-refractivity contribution >= 4 is 40.7 Å². The van der Waals surface area contributed by atoms with Crippen molar-refractivity contribution < 1.29 is 14.0 Å². The summed E-state index contributed by atoms with van der Waals surface area (Å²) < 4.78 is 13.6. The first-order valence-electron chi connectivity index (χ1n) is 6.19. The monoisotopic (exact) mass is 318 g/mol. The van der Waals surface area contributed by atoms with E-state index in [1.54, 1.807) is 0 Å². The zero-order valence-electron chi connectivity index (χ0n) is 10.5. The summed E-state index contributed by atoms with van der Waals surface area (Å²) in [5.41, 5.74) is -0.0217. The number of halogens is 3. The highest BCUT2D eigenvalue weighted by atomic mass is 35.5. The van der Waals surface area contributed by atoms with E-state index in [0.29, 0.717) is 6.42 Å². The van der Waals surface area contributed by atoms with E-state index in [1.165, 1.54) is 6.07 Å². The first kappa shape index (κ1) is 15.1. The maximum Gasteiger partial charge on any atom is 0.226 e. The van der Waals surface area contributed by atoms with Crippen LogP contribution in [0, 0.1) is 5.82 Å². The minimum atomic E-state index is -0.652. The van der Waals surface area contributed by atoms with Crippen molar-refractivity contribution in [3.05, 3.63) is 28.0 Å². The van der Waals surface area contributed by atoms with E-state index < -0.39 is 5.82 Å². The van der Waals surface area contributed by atoms with Crippen molar-refractivity contribution in [2.75, 3.05) is 5.32 Å². The lowest BCUT2D eigenvalue weighted by Crippen LogP contribution is -2.40. The van der Waals surface area contributed by atoms with Crippen molar-refractivity contribution in [2.45, 2.75) is 31.7 Å². The lowest BCUT2D eigenvalue weighted by atomic mass is 10.0. The maximum absolute atomic E-state index is 13.6. The first-order chi connectivity index (χ1) is 9.45. The van der Waals surface area contributed by atoms with Crippen LogP contribution in [0.3, 0.4) is 0 Å². The maximum atomic E-state index is 13.6. The molecular weight excluding hydrogens is 306 g/mol. The Hall–Kier alpha value is -1.33. The fourth-order valence-electron chi connectivity index (χ4n) is 2.08. The number of rotatable bonds is 3. The van der Waals surface area contributed by atoms with Gasteiger partial charge in [-0.3, -0.25) is 9.59 Å². The van der Waals surface area contributed by atoms with Gasteiger partial charge in [0.2, 0.25) is 11.8 Å². The Balaban J connectivity index is 1.97. The van der Waals surface area contributed by atoms with E-state index in [1.807, 2.05) is 0 Å². The highest BCUT2D eigenvalue weighted by Crippen LogP contribution is 2.28. The predicted molar refractivity (Wildman–Crippen MR) is 75.4 cm³/mol. The van der Waals surface area contributed by atoms with E-state index in [2.05, 4.69) is 10.6 Å². The largest absolute Gasteiger partial charge is 0.353 e. The molecule has 0 saturated carbocycles. The Kier molecular flexibility index (Phi) is 4.83. The summed E-state index contributed by atoms with van der Waals surface area (Å²) in [7, 11) is 0. The Bertz CT molecular complexity index is 551. The molecule has 1 fully saturated rings. The third-order valence-corrected chi connectivity index (χ3v) is 3.76. The number of amides is 2. The Morgan fingerprint density at radius 3 is 2.80 bits per heavy atom. The molecule has 4 nitrogen and oxygen atoms in total. The van der Waals surface area contributed by atoms with Crippen LogP contribution < -0.4 is 10.6 Å². The molecule has 7 heteroatoms. The number of benzene rings is 1. The van der Waals surface area contributed by atoms with Gasteiger partial charge >= 0.3 is 0 Å². The van der Waals surface area contributed by atoms with Crippen LogP contribution in [0.4, 0.5) is 10.1 Å². The molecule has 0 spiro atoms. The van der Waals surface area contributed by atoms with Crippen LogP contribution in [-0.4, -0.2) is 17.9 Å². The summed E-state index contributed by atoms with van der Waals surface area (Å²) in [4.78, 5) is 23.0. The molecule has 1 aliphatic heterocycles. The van der Waals surface area contributed by atoms with Gasteiger partial charge in [0.05, 0.1) is 15.7 Å². The quantitative estimate of drug-likeness (QED) is 0.841. The summed E-state index contributed by atoms with van der Waals surface area (Å²) in [6, 6.07) is 2.10. The van der Waals surface area contributed by atoms with Gasteiger partial charge in [0.25, 0.3) is 0 Å². The van der Waals surface area contributed by atoms with Crippen LogP contribution in [0.1, 0.15) is 25.7 Å². The summed E-state index contributed by atoms with van der Waals surface area (Å²) >= 11 is 11.4. The second-order valence-corrected chi connectivity index (χ2v) is 5.47. The number of hydrogen-bond acceptors (Lipinski definition) is 2.